The van der Waals surface area contributed by atoms with Crippen LogP contribution in [0.5, 0.6) is 0 Å². The van der Waals surface area contributed by atoms with Crippen molar-refractivity contribution in [3.63, 3.8) is 0 Å². The largest absolute Gasteiger partial charge is 0.472 e. The molecule has 0 heterocycles. The van der Waals surface area contributed by atoms with Crippen molar-refractivity contribution in [2.24, 2.45) is 0 Å². The fourth-order valence-electron chi connectivity index (χ4n) is 11.7. The van der Waals surface area contributed by atoms with E-state index in [2.05, 4.69) is 154 Å². The molecule has 0 radical (unpaired) electrons. The number of aliphatic hydroxyl groups is 2. The summed E-state index contributed by atoms with van der Waals surface area (Å²) in [7, 11) is -9.80. The summed E-state index contributed by atoms with van der Waals surface area (Å²) in [5.74, 6) is -1.58. The number of hydrogen-bond donors (Lipinski definition) is 4. The summed E-state index contributed by atoms with van der Waals surface area (Å²) < 4.78 is 61.3. The van der Waals surface area contributed by atoms with Crippen molar-refractivity contribution in [2.45, 2.75) is 386 Å². The highest BCUT2D eigenvalue weighted by Crippen LogP contribution is 2.45. The van der Waals surface area contributed by atoms with Crippen molar-refractivity contribution in [1.29, 1.82) is 0 Å². The number of ether oxygens (including phenoxy) is 3. The molecule has 5 unspecified atom stereocenters. The topological polar surface area (TPSA) is 231 Å². The number of aliphatic hydroxyl groups excluding tert-OH is 2. The Bertz CT molecular complexity index is 2510. The average molecular weight is 1570 g/mol. The zero-order valence-corrected chi connectivity index (χ0v) is 70.7. The van der Waals surface area contributed by atoms with E-state index in [0.29, 0.717) is 19.3 Å². The highest BCUT2D eigenvalue weighted by molar-refractivity contribution is 7.47. The van der Waals surface area contributed by atoms with E-state index < -0.39 is 91.5 Å². The molecule has 0 aromatic carbocycles. The van der Waals surface area contributed by atoms with E-state index in [1.807, 2.05) is 0 Å². The molecule has 0 saturated carbocycles. The Hall–Kier alpha value is -4.31. The molecule has 0 amide bonds. The summed E-state index contributed by atoms with van der Waals surface area (Å²) >= 11 is 0. The van der Waals surface area contributed by atoms with Crippen LogP contribution >= 0.6 is 15.6 Å². The molecule has 628 valence electrons. The van der Waals surface area contributed by atoms with Crippen LogP contribution in [0.2, 0.25) is 0 Å². The highest BCUT2D eigenvalue weighted by Gasteiger charge is 2.29. The van der Waals surface area contributed by atoms with Gasteiger partial charge < -0.3 is 34.2 Å². The number of rotatable bonds is 82. The minimum absolute atomic E-state index is 0.0907. The normalized spacial score (nSPS) is 14.5. The average Bonchev–Trinajstić information content (AvgIpc) is 0.904. The summed E-state index contributed by atoms with van der Waals surface area (Å²) in [4.78, 5) is 58.9. The van der Waals surface area contributed by atoms with Crippen molar-refractivity contribution in [2.75, 3.05) is 39.6 Å². The maximum absolute atomic E-state index is 13.0. The fraction of sp³-hybridized carbons (Fsp3) is 0.725. The molecule has 0 saturated heterocycles. The van der Waals surface area contributed by atoms with Gasteiger partial charge in [0.15, 0.2) is 6.10 Å². The first kappa shape index (κ1) is 105. The maximum Gasteiger partial charge on any atom is 0.472 e. The standard InChI is InChI=1S/C91H158O16P2/c1-4-7-10-13-16-19-22-25-28-31-33-35-37-39-41-42-44-46-47-49-51-54-56-59-62-65-68-71-74-77-89(94)101-80-86(92)81-103-108(97,98)104-82-87(93)83-105-109(99,100)106-85-88(107-91(96)79-76-73-70-67-64-61-58-53-30-27-24-21-18-15-12-9-6-3)84-102-90(95)78-75-72-69-66-63-60-57-55-52-50-48-45-43-40-38-36-34-32-29-26-23-20-17-14-11-8-5-2/h9,12,16-21,25-30,33-36,39-41,43,86-88,92-93H,4-8,10-11,13-15,22-24,31-32,37-38,42,44-85H2,1-3H3,(H,97,98)(H,99,100)/b12-9-,19-16-,20-17-,21-18-,28-25-,29-26-,30-27-,35-33-,36-34-,41-39-,43-40-. The van der Waals surface area contributed by atoms with Crippen molar-refractivity contribution in [1.82, 2.24) is 0 Å². The molecule has 0 rings (SSSR count). The van der Waals surface area contributed by atoms with Crippen molar-refractivity contribution in [3.8, 4) is 0 Å². The van der Waals surface area contributed by atoms with E-state index in [9.17, 15) is 43.5 Å². The molecular weight excluding hydrogens is 1410 g/mol. The second kappa shape index (κ2) is 83.1. The van der Waals surface area contributed by atoms with Gasteiger partial charge in [0.25, 0.3) is 0 Å². The third-order valence-electron chi connectivity index (χ3n) is 18.3. The van der Waals surface area contributed by atoms with Crippen LogP contribution in [0.3, 0.4) is 0 Å². The number of unbranched alkanes of at least 4 members (excludes halogenated alkanes) is 37. The summed E-state index contributed by atoms with van der Waals surface area (Å²) in [6.45, 7) is 2.54. The van der Waals surface area contributed by atoms with Crippen LogP contribution in [0.25, 0.3) is 0 Å². The number of phosphoric ester groups is 2. The first-order valence-electron chi connectivity index (χ1n) is 43.5. The van der Waals surface area contributed by atoms with E-state index in [1.165, 1.54) is 148 Å². The summed E-state index contributed by atoms with van der Waals surface area (Å²) in [6.07, 6.45) is 102. The van der Waals surface area contributed by atoms with Gasteiger partial charge in [-0.2, -0.15) is 0 Å². The minimum Gasteiger partial charge on any atom is -0.463 e. The number of carbonyl (C=O) groups is 3. The van der Waals surface area contributed by atoms with Crippen LogP contribution in [0.1, 0.15) is 367 Å². The lowest BCUT2D eigenvalue weighted by Gasteiger charge is -2.21. The van der Waals surface area contributed by atoms with Crippen LogP contribution < -0.4 is 0 Å². The molecule has 0 aromatic rings. The van der Waals surface area contributed by atoms with Gasteiger partial charge in [0.05, 0.1) is 26.4 Å². The Kier molecular flexibility index (Phi) is 79.8. The van der Waals surface area contributed by atoms with Gasteiger partial charge in [-0.25, -0.2) is 9.13 Å². The lowest BCUT2D eigenvalue weighted by atomic mass is 10.0. The third kappa shape index (κ3) is 84.4. The van der Waals surface area contributed by atoms with Crippen LogP contribution in [-0.2, 0) is 55.8 Å². The molecule has 109 heavy (non-hydrogen) atoms. The molecule has 16 nitrogen and oxygen atoms in total. The predicted octanol–water partition coefficient (Wildman–Crippen LogP) is 26.2. The van der Waals surface area contributed by atoms with Gasteiger partial charge in [-0.05, 0) is 141 Å². The second-order valence-electron chi connectivity index (χ2n) is 29.0. The van der Waals surface area contributed by atoms with E-state index in [4.69, 9.17) is 32.3 Å². The van der Waals surface area contributed by atoms with E-state index in [1.54, 1.807) is 0 Å². The molecule has 0 aliphatic heterocycles. The Morgan fingerprint density at radius 2 is 0.486 bits per heavy atom. The Labute approximate surface area is 665 Å². The van der Waals surface area contributed by atoms with Gasteiger partial charge in [-0.3, -0.25) is 32.5 Å². The van der Waals surface area contributed by atoms with Gasteiger partial charge in [0, 0.05) is 19.3 Å². The number of hydrogen-bond acceptors (Lipinski definition) is 14. The maximum atomic E-state index is 13.0. The third-order valence-corrected chi connectivity index (χ3v) is 20.2. The lowest BCUT2D eigenvalue weighted by molar-refractivity contribution is -0.161. The number of phosphoric acid groups is 2. The number of esters is 3. The van der Waals surface area contributed by atoms with Gasteiger partial charge in [0.2, 0.25) is 0 Å². The molecule has 0 aliphatic carbocycles. The molecule has 0 spiro atoms. The zero-order valence-electron chi connectivity index (χ0n) is 68.9. The first-order valence-corrected chi connectivity index (χ1v) is 46.5. The zero-order chi connectivity index (χ0) is 79.4. The van der Waals surface area contributed by atoms with Crippen LogP contribution in [0.4, 0.5) is 0 Å². The molecule has 0 fully saturated rings. The smallest absolute Gasteiger partial charge is 0.463 e. The van der Waals surface area contributed by atoms with Crippen molar-refractivity contribution in [3.05, 3.63) is 134 Å². The Morgan fingerprint density at radius 1 is 0.266 bits per heavy atom. The first-order chi connectivity index (χ1) is 53.2. The van der Waals surface area contributed by atoms with Crippen molar-refractivity contribution < 1.29 is 75.8 Å². The van der Waals surface area contributed by atoms with Gasteiger partial charge in [0.1, 0.15) is 25.4 Å². The van der Waals surface area contributed by atoms with E-state index >= 15 is 0 Å². The monoisotopic (exact) mass is 1570 g/mol. The molecule has 0 aliphatic rings. The molecular formula is C91H158O16P2. The van der Waals surface area contributed by atoms with Gasteiger partial charge in [-0.15, -0.1) is 0 Å². The molecule has 0 aromatic heterocycles. The minimum atomic E-state index is -4.94. The number of carbonyl (C=O) groups excluding carboxylic acids is 3. The highest BCUT2D eigenvalue weighted by atomic mass is 31.2. The summed E-state index contributed by atoms with van der Waals surface area (Å²) in [5.41, 5.74) is 0. The second-order valence-corrected chi connectivity index (χ2v) is 31.9. The summed E-state index contributed by atoms with van der Waals surface area (Å²) in [5, 5.41) is 20.7. The van der Waals surface area contributed by atoms with E-state index in [-0.39, 0.29) is 19.3 Å². The lowest BCUT2D eigenvalue weighted by Crippen LogP contribution is -2.30. The molecule has 18 heteroatoms. The Morgan fingerprint density at radius 3 is 0.771 bits per heavy atom. The molecule has 5 atom stereocenters. The SMILES string of the molecule is CC/C=C\C/C=C\C/C=C\CCCCCCCCCC(=O)OC(COC(=O)CCCCCCCCCCCCC/C=C\C/C=C\C/C=C\C/C=C\CCCCC)COP(=O)(O)OCC(O)COP(=O)(O)OCC(O)COC(=O)CCCCCCCCCCCCCCC/C=C\C/C=C\C/C=C\C/C=C\CCCCC. The summed E-state index contributed by atoms with van der Waals surface area (Å²) in [6, 6.07) is 0. The van der Waals surface area contributed by atoms with Crippen molar-refractivity contribution >= 4 is 33.6 Å². The van der Waals surface area contributed by atoms with Crippen LogP contribution in [0, 0.1) is 0 Å². The van der Waals surface area contributed by atoms with E-state index in [0.717, 1.165) is 161 Å². The molecule has 4 N–H and O–H groups in total. The fourth-order valence-corrected chi connectivity index (χ4v) is 13.3. The quantitative estimate of drug-likeness (QED) is 0.0146. The van der Waals surface area contributed by atoms with Crippen LogP contribution in [0.15, 0.2) is 134 Å². The molecule has 0 bridgehead atoms. The van der Waals surface area contributed by atoms with Crippen LogP contribution in [-0.4, -0.2) is 95.9 Å². The van der Waals surface area contributed by atoms with Gasteiger partial charge in [-0.1, -0.05) is 341 Å². The Balaban J connectivity index is 4.56. The van der Waals surface area contributed by atoms with Gasteiger partial charge >= 0.3 is 33.6 Å². The predicted molar refractivity (Wildman–Crippen MR) is 454 cm³/mol. The number of allylic oxidation sites excluding steroid dienone is 22.